The zero-order valence-electron chi connectivity index (χ0n) is 12.2. The molecule has 1 amide bonds. The van der Waals surface area contributed by atoms with Crippen LogP contribution in [0.3, 0.4) is 0 Å². The van der Waals surface area contributed by atoms with Crippen LogP contribution in [-0.2, 0) is 4.79 Å². The minimum absolute atomic E-state index is 0.0470. The molecule has 2 aromatic carbocycles. The first-order valence-electron chi connectivity index (χ1n) is 6.96. The van der Waals surface area contributed by atoms with Crippen LogP contribution in [0.4, 0.5) is 5.69 Å². The molecule has 2 rings (SSSR count). The summed E-state index contributed by atoms with van der Waals surface area (Å²) in [7, 11) is 0. The van der Waals surface area contributed by atoms with Crippen molar-refractivity contribution in [3.8, 4) is 0 Å². The van der Waals surface area contributed by atoms with Crippen LogP contribution in [0.1, 0.15) is 29.3 Å². The zero-order chi connectivity index (χ0) is 15.9. The van der Waals surface area contributed by atoms with Crippen LogP contribution >= 0.6 is 15.9 Å². The lowest BCUT2D eigenvalue weighted by Crippen LogP contribution is -2.09. The average Bonchev–Trinajstić information content (AvgIpc) is 2.54. The van der Waals surface area contributed by atoms with Crippen molar-refractivity contribution in [2.75, 3.05) is 5.32 Å². The molecule has 0 unspecified atom stereocenters. The molecule has 0 atom stereocenters. The first-order valence-corrected chi connectivity index (χ1v) is 7.75. The van der Waals surface area contributed by atoms with Crippen LogP contribution in [0.5, 0.6) is 0 Å². The highest BCUT2D eigenvalue weighted by atomic mass is 79.9. The molecule has 2 aromatic rings. The number of benzene rings is 2. The molecule has 0 spiro atoms. The van der Waals surface area contributed by atoms with Gasteiger partial charge in [-0.3, -0.25) is 9.59 Å². The highest BCUT2D eigenvalue weighted by Gasteiger charge is 2.03. The molecule has 0 aliphatic rings. The number of hydrogen-bond donors (Lipinski definition) is 1. The quantitative estimate of drug-likeness (QED) is 0.622. The van der Waals surface area contributed by atoms with Crippen LogP contribution in [0, 0.1) is 0 Å². The van der Waals surface area contributed by atoms with Gasteiger partial charge in [-0.15, -0.1) is 0 Å². The van der Waals surface area contributed by atoms with Crippen molar-refractivity contribution in [2.24, 2.45) is 0 Å². The van der Waals surface area contributed by atoms with Gasteiger partial charge in [0.15, 0.2) is 5.78 Å². The molecule has 0 aliphatic heterocycles. The molecule has 0 radical (unpaired) electrons. The van der Waals surface area contributed by atoms with Gasteiger partial charge in [-0.05, 0) is 48.0 Å². The van der Waals surface area contributed by atoms with E-state index in [4.69, 9.17) is 0 Å². The minimum atomic E-state index is -0.0729. The molecule has 4 heteroatoms. The predicted octanol–water partition coefficient (Wildman–Crippen LogP) is 4.69. The van der Waals surface area contributed by atoms with E-state index in [9.17, 15) is 9.59 Å². The van der Waals surface area contributed by atoms with Gasteiger partial charge in [0.1, 0.15) is 0 Å². The number of halogens is 1. The fourth-order valence-electron chi connectivity index (χ4n) is 1.81. The lowest BCUT2D eigenvalue weighted by Gasteiger charge is -2.03. The van der Waals surface area contributed by atoms with E-state index in [1.807, 2.05) is 24.3 Å². The van der Waals surface area contributed by atoms with Crippen molar-refractivity contribution in [3.05, 3.63) is 70.2 Å². The highest BCUT2D eigenvalue weighted by Crippen LogP contribution is 2.13. The van der Waals surface area contributed by atoms with Crippen molar-refractivity contribution >= 4 is 39.4 Å². The Kier molecular flexibility index (Phi) is 5.67. The fraction of sp³-hybridized carbons (Fsp3) is 0.111. The molecule has 0 bridgehead atoms. The van der Waals surface area contributed by atoms with Crippen LogP contribution in [-0.4, -0.2) is 11.7 Å². The van der Waals surface area contributed by atoms with Gasteiger partial charge in [-0.1, -0.05) is 41.1 Å². The maximum absolute atomic E-state index is 12.1. The number of carbonyl (C=O) groups excluding carboxylic acids is 2. The number of allylic oxidation sites excluding steroid dienone is 1. The molecule has 0 aliphatic carbocycles. The monoisotopic (exact) mass is 357 g/mol. The average molecular weight is 358 g/mol. The summed E-state index contributed by atoms with van der Waals surface area (Å²) >= 11 is 3.37. The Bertz CT molecular complexity index is 688. The number of hydrogen-bond acceptors (Lipinski definition) is 2. The third-order valence-corrected chi connectivity index (χ3v) is 3.60. The predicted molar refractivity (Wildman–Crippen MR) is 92.9 cm³/mol. The van der Waals surface area contributed by atoms with Crippen molar-refractivity contribution in [2.45, 2.75) is 13.3 Å². The van der Waals surface area contributed by atoms with Crippen molar-refractivity contribution < 1.29 is 9.59 Å². The Morgan fingerprint density at radius 3 is 2.27 bits per heavy atom. The van der Waals surface area contributed by atoms with Gasteiger partial charge in [0.2, 0.25) is 5.91 Å². The molecule has 0 aromatic heterocycles. The zero-order valence-corrected chi connectivity index (χ0v) is 13.8. The molecule has 0 saturated heterocycles. The second-order valence-corrected chi connectivity index (χ2v) is 5.64. The molecular formula is C18H16BrNO2. The fourth-order valence-corrected chi connectivity index (χ4v) is 2.07. The second-order valence-electron chi connectivity index (χ2n) is 4.73. The van der Waals surface area contributed by atoms with Crippen LogP contribution in [0.15, 0.2) is 59.1 Å². The first-order chi connectivity index (χ1) is 10.6. The van der Waals surface area contributed by atoms with Gasteiger partial charge in [0.05, 0.1) is 0 Å². The lowest BCUT2D eigenvalue weighted by molar-refractivity contribution is -0.115. The van der Waals surface area contributed by atoms with E-state index in [1.165, 1.54) is 0 Å². The summed E-state index contributed by atoms with van der Waals surface area (Å²) in [6, 6.07) is 14.6. The van der Waals surface area contributed by atoms with E-state index in [0.717, 1.165) is 10.0 Å². The summed E-state index contributed by atoms with van der Waals surface area (Å²) in [6.45, 7) is 1.79. The van der Waals surface area contributed by atoms with Gasteiger partial charge in [-0.2, -0.15) is 0 Å². The standard InChI is InChI=1S/C18H16BrNO2/c1-2-18(22)20-16-10-6-14(7-11-16)17(21)12-5-13-3-8-15(19)9-4-13/h3-12H,2H2,1H3,(H,20,22). The van der Waals surface area contributed by atoms with E-state index >= 15 is 0 Å². The summed E-state index contributed by atoms with van der Waals surface area (Å²) in [4.78, 5) is 23.4. The lowest BCUT2D eigenvalue weighted by atomic mass is 10.1. The van der Waals surface area contributed by atoms with E-state index in [-0.39, 0.29) is 11.7 Å². The molecule has 22 heavy (non-hydrogen) atoms. The third kappa shape index (κ3) is 4.67. The largest absolute Gasteiger partial charge is 0.326 e. The Morgan fingerprint density at radius 2 is 1.68 bits per heavy atom. The van der Waals surface area contributed by atoms with Crippen LogP contribution in [0.2, 0.25) is 0 Å². The maximum atomic E-state index is 12.1. The SMILES string of the molecule is CCC(=O)Nc1ccc(C(=O)C=Cc2ccc(Br)cc2)cc1. The van der Waals surface area contributed by atoms with E-state index < -0.39 is 0 Å². The second kappa shape index (κ2) is 7.71. The molecule has 1 N–H and O–H groups in total. The first kappa shape index (κ1) is 16.2. The Hall–Kier alpha value is -2.20. The molecule has 0 heterocycles. The number of carbonyl (C=O) groups is 2. The Balaban J connectivity index is 2.03. The van der Waals surface area contributed by atoms with Gasteiger partial charge in [-0.25, -0.2) is 0 Å². The summed E-state index contributed by atoms with van der Waals surface area (Å²) in [5.74, 6) is -0.120. The molecule has 3 nitrogen and oxygen atoms in total. The summed E-state index contributed by atoms with van der Waals surface area (Å²) in [6.07, 6.45) is 3.75. The van der Waals surface area contributed by atoms with E-state index in [0.29, 0.717) is 17.7 Å². The summed E-state index contributed by atoms with van der Waals surface area (Å²) in [5, 5.41) is 2.75. The van der Waals surface area contributed by atoms with Gasteiger partial charge in [0, 0.05) is 22.1 Å². The summed E-state index contributed by atoms with van der Waals surface area (Å²) < 4.78 is 1.00. The minimum Gasteiger partial charge on any atom is -0.326 e. The van der Waals surface area contributed by atoms with Gasteiger partial charge >= 0.3 is 0 Å². The summed E-state index contributed by atoms with van der Waals surface area (Å²) in [5.41, 5.74) is 2.24. The van der Waals surface area contributed by atoms with Crippen molar-refractivity contribution in [1.29, 1.82) is 0 Å². The van der Waals surface area contributed by atoms with E-state index in [2.05, 4.69) is 21.2 Å². The van der Waals surface area contributed by atoms with Crippen molar-refractivity contribution in [3.63, 3.8) is 0 Å². The van der Waals surface area contributed by atoms with Gasteiger partial charge < -0.3 is 5.32 Å². The molecule has 0 fully saturated rings. The molecule has 0 saturated carbocycles. The number of ketones is 1. The van der Waals surface area contributed by atoms with Crippen LogP contribution in [0.25, 0.3) is 6.08 Å². The van der Waals surface area contributed by atoms with Crippen molar-refractivity contribution in [1.82, 2.24) is 0 Å². The Labute approximate surface area is 138 Å². The smallest absolute Gasteiger partial charge is 0.224 e. The maximum Gasteiger partial charge on any atom is 0.224 e. The van der Waals surface area contributed by atoms with Crippen LogP contribution < -0.4 is 5.32 Å². The number of rotatable bonds is 5. The number of nitrogens with one attached hydrogen (secondary N) is 1. The highest BCUT2D eigenvalue weighted by molar-refractivity contribution is 9.10. The normalized spacial score (nSPS) is 10.6. The number of amides is 1. The number of anilines is 1. The molecule has 112 valence electrons. The van der Waals surface area contributed by atoms with Gasteiger partial charge in [0.25, 0.3) is 0 Å². The topological polar surface area (TPSA) is 46.2 Å². The van der Waals surface area contributed by atoms with E-state index in [1.54, 1.807) is 43.3 Å². The Morgan fingerprint density at radius 1 is 1.05 bits per heavy atom. The molecular weight excluding hydrogens is 342 g/mol. The third-order valence-electron chi connectivity index (χ3n) is 3.07.